The summed E-state index contributed by atoms with van der Waals surface area (Å²) in [5, 5.41) is 0. The van der Waals surface area contributed by atoms with Crippen LogP contribution in [0.1, 0.15) is 61.7 Å². The van der Waals surface area contributed by atoms with Crippen LogP contribution >= 0.6 is 0 Å². The minimum absolute atomic E-state index is 0.0666. The highest BCUT2D eigenvalue weighted by Crippen LogP contribution is 2.60. The first-order valence-electron chi connectivity index (χ1n) is 10.9. The number of ether oxygens (including phenoxy) is 1. The molecule has 2 amide bonds. The molecule has 5 unspecified atom stereocenters. The Bertz CT molecular complexity index is 820. The highest BCUT2D eigenvalue weighted by molar-refractivity contribution is 5.81. The number of aryl methyl sites for hydroxylation is 2. The Hall–Kier alpha value is -2.18. The Morgan fingerprint density at radius 2 is 1.79 bits per heavy atom. The largest absolute Gasteiger partial charge is 0.446 e. The molecule has 156 valence electrons. The maximum atomic E-state index is 12.9. The molecule has 2 N–H and O–H groups in total. The predicted molar refractivity (Wildman–Crippen MR) is 106 cm³/mol. The highest BCUT2D eigenvalue weighted by atomic mass is 16.6. The number of carbonyl (C=O) groups is 2. The average Bonchev–Trinajstić information content (AvgIpc) is 3.13. The van der Waals surface area contributed by atoms with E-state index in [1.54, 1.807) is 4.90 Å². The van der Waals surface area contributed by atoms with Gasteiger partial charge in [-0.15, -0.1) is 0 Å². The summed E-state index contributed by atoms with van der Waals surface area (Å²) in [4.78, 5) is 36.0. The van der Waals surface area contributed by atoms with Crippen molar-refractivity contribution in [1.82, 2.24) is 14.9 Å². The van der Waals surface area contributed by atoms with Gasteiger partial charge in [-0.3, -0.25) is 4.79 Å². The molecule has 1 aliphatic heterocycles. The lowest BCUT2D eigenvalue weighted by Gasteiger charge is -2.58. The lowest BCUT2D eigenvalue weighted by atomic mass is 9.48. The quantitative estimate of drug-likeness (QED) is 0.844. The van der Waals surface area contributed by atoms with Crippen LogP contribution in [0.4, 0.5) is 4.79 Å². The Labute approximate surface area is 171 Å². The first kappa shape index (κ1) is 18.8. The lowest BCUT2D eigenvalue weighted by Crippen LogP contribution is -2.59. The second-order valence-corrected chi connectivity index (χ2v) is 9.90. The summed E-state index contributed by atoms with van der Waals surface area (Å²) in [7, 11) is 0. The van der Waals surface area contributed by atoms with E-state index >= 15 is 0 Å². The second kappa shape index (κ2) is 6.67. The monoisotopic (exact) mass is 398 g/mol. The molecular formula is C22H30N4O3. The van der Waals surface area contributed by atoms with Gasteiger partial charge < -0.3 is 15.4 Å². The van der Waals surface area contributed by atoms with Gasteiger partial charge in [0.25, 0.3) is 0 Å². The Balaban J connectivity index is 1.24. The third-order valence-corrected chi connectivity index (χ3v) is 7.76. The number of carbonyl (C=O) groups excluding carboxylic acids is 2. The van der Waals surface area contributed by atoms with Gasteiger partial charge in [-0.1, -0.05) is 0 Å². The van der Waals surface area contributed by atoms with Crippen molar-refractivity contribution in [3.8, 4) is 0 Å². The van der Waals surface area contributed by atoms with Crippen molar-refractivity contribution in [2.75, 3.05) is 13.1 Å². The number of rotatable bonds is 3. The number of hydrogen-bond acceptors (Lipinski definition) is 5. The summed E-state index contributed by atoms with van der Waals surface area (Å²) in [5.41, 5.74) is 7.34. The van der Waals surface area contributed by atoms with Crippen LogP contribution in [0.3, 0.4) is 0 Å². The van der Waals surface area contributed by atoms with E-state index in [9.17, 15) is 9.59 Å². The van der Waals surface area contributed by atoms with Gasteiger partial charge in [0.1, 0.15) is 11.9 Å². The van der Waals surface area contributed by atoms with E-state index in [1.807, 2.05) is 19.9 Å². The van der Waals surface area contributed by atoms with E-state index in [0.29, 0.717) is 19.0 Å². The van der Waals surface area contributed by atoms with Crippen LogP contribution in [0.15, 0.2) is 6.07 Å². The normalized spacial score (nSPS) is 37.7. The fourth-order valence-corrected chi connectivity index (χ4v) is 6.74. The third-order valence-electron chi connectivity index (χ3n) is 7.76. The zero-order chi connectivity index (χ0) is 20.3. The summed E-state index contributed by atoms with van der Waals surface area (Å²) in [6.45, 7) is 5.24. The number of nitrogens with zero attached hydrogens (tertiary/aromatic N) is 3. The van der Waals surface area contributed by atoms with Crippen molar-refractivity contribution in [3.05, 3.63) is 23.3 Å². The Morgan fingerprint density at radius 1 is 1.14 bits per heavy atom. The molecule has 1 saturated heterocycles. The summed E-state index contributed by atoms with van der Waals surface area (Å²) in [5.74, 6) is 1.96. The van der Waals surface area contributed by atoms with Crippen LogP contribution in [-0.4, -0.2) is 46.1 Å². The van der Waals surface area contributed by atoms with Gasteiger partial charge in [0, 0.05) is 30.4 Å². The molecule has 0 aromatic carbocycles. The maximum absolute atomic E-state index is 12.9. The van der Waals surface area contributed by atoms with Crippen molar-refractivity contribution in [3.63, 3.8) is 0 Å². The Kier molecular flexibility index (Phi) is 4.33. The van der Waals surface area contributed by atoms with Crippen LogP contribution in [-0.2, 0) is 9.53 Å². The molecule has 5 fully saturated rings. The molecule has 4 bridgehead atoms. The minimum atomic E-state index is -0.349. The molecule has 1 aromatic rings. The van der Waals surface area contributed by atoms with Crippen LogP contribution in [0.2, 0.25) is 0 Å². The maximum Gasteiger partial charge on any atom is 0.410 e. The van der Waals surface area contributed by atoms with Crippen LogP contribution in [0, 0.1) is 37.0 Å². The molecule has 6 atom stereocenters. The molecule has 7 heteroatoms. The third kappa shape index (κ3) is 3.19. The molecular weight excluding hydrogens is 368 g/mol. The van der Waals surface area contributed by atoms with Gasteiger partial charge in [-0.05, 0) is 76.2 Å². The summed E-state index contributed by atoms with van der Waals surface area (Å²) in [6.07, 6.45) is 5.19. The average molecular weight is 399 g/mol. The Morgan fingerprint density at radius 3 is 2.41 bits per heavy atom. The van der Waals surface area contributed by atoms with Crippen molar-refractivity contribution >= 4 is 12.0 Å². The second-order valence-electron chi connectivity index (χ2n) is 9.90. The molecule has 29 heavy (non-hydrogen) atoms. The SMILES string of the molecule is Cc1cc(C)nc(C2CCN(C(=O)OC3C4CC5C[C@@H]3CC(C(N)=O)(C5)C4)C2)n1. The number of hydrogen-bond donors (Lipinski definition) is 1. The number of aromatic nitrogens is 2. The molecule has 7 nitrogen and oxygen atoms in total. The molecule has 6 rings (SSSR count). The van der Waals surface area contributed by atoms with E-state index in [2.05, 4.69) is 9.97 Å². The van der Waals surface area contributed by atoms with E-state index in [4.69, 9.17) is 10.5 Å². The fraction of sp³-hybridized carbons (Fsp3) is 0.727. The first-order valence-corrected chi connectivity index (χ1v) is 10.9. The summed E-state index contributed by atoms with van der Waals surface area (Å²) in [6, 6.07) is 1.97. The van der Waals surface area contributed by atoms with Crippen molar-refractivity contribution in [2.24, 2.45) is 28.9 Å². The number of likely N-dealkylation sites (tertiary alicyclic amines) is 1. The molecule has 4 aliphatic carbocycles. The van der Waals surface area contributed by atoms with Crippen molar-refractivity contribution in [2.45, 2.75) is 64.4 Å². The van der Waals surface area contributed by atoms with E-state index in [0.717, 1.165) is 55.7 Å². The topological polar surface area (TPSA) is 98.4 Å². The highest BCUT2D eigenvalue weighted by Gasteiger charge is 2.59. The first-order chi connectivity index (χ1) is 13.8. The van der Waals surface area contributed by atoms with E-state index in [1.165, 1.54) is 0 Å². The standard InChI is InChI=1S/C22H30N4O3/c1-12-5-13(2)25-19(24-12)15-3-4-26(11-15)21(28)29-18-16-6-14-7-17(18)10-22(8-14,9-16)20(23)27/h5,14-18H,3-4,6-11H2,1-2H3,(H2,23,27)/t14?,15?,16-,17?,18?,22?/m1/s1. The summed E-state index contributed by atoms with van der Waals surface area (Å²) >= 11 is 0. The molecule has 2 heterocycles. The van der Waals surface area contributed by atoms with Crippen LogP contribution < -0.4 is 5.73 Å². The number of amides is 2. The predicted octanol–water partition coefficient (Wildman–Crippen LogP) is 2.70. The van der Waals surface area contributed by atoms with Gasteiger partial charge in [-0.25, -0.2) is 14.8 Å². The summed E-state index contributed by atoms with van der Waals surface area (Å²) < 4.78 is 6.06. The molecule has 5 aliphatic rings. The minimum Gasteiger partial charge on any atom is -0.446 e. The molecule has 1 aromatic heterocycles. The smallest absolute Gasteiger partial charge is 0.410 e. The fourth-order valence-electron chi connectivity index (χ4n) is 6.74. The molecule has 4 saturated carbocycles. The van der Waals surface area contributed by atoms with Gasteiger partial charge in [0.15, 0.2) is 0 Å². The van der Waals surface area contributed by atoms with Gasteiger partial charge in [0.2, 0.25) is 5.91 Å². The number of primary amides is 1. The van der Waals surface area contributed by atoms with E-state index < -0.39 is 0 Å². The van der Waals surface area contributed by atoms with Gasteiger partial charge in [0.05, 0.1) is 5.41 Å². The lowest BCUT2D eigenvalue weighted by molar-refractivity contribution is -0.161. The van der Waals surface area contributed by atoms with E-state index in [-0.39, 0.29) is 41.3 Å². The molecule has 0 radical (unpaired) electrons. The zero-order valence-electron chi connectivity index (χ0n) is 17.3. The molecule has 0 spiro atoms. The van der Waals surface area contributed by atoms with Gasteiger partial charge in [-0.2, -0.15) is 0 Å². The number of nitrogens with two attached hydrogens (primary N) is 1. The van der Waals surface area contributed by atoms with Gasteiger partial charge >= 0.3 is 6.09 Å². The van der Waals surface area contributed by atoms with Crippen LogP contribution in [0.25, 0.3) is 0 Å². The van der Waals surface area contributed by atoms with Crippen molar-refractivity contribution in [1.29, 1.82) is 0 Å². The van der Waals surface area contributed by atoms with Crippen molar-refractivity contribution < 1.29 is 14.3 Å². The van der Waals surface area contributed by atoms with Crippen LogP contribution in [0.5, 0.6) is 0 Å². The zero-order valence-corrected chi connectivity index (χ0v) is 17.3.